The first-order chi connectivity index (χ1) is 18.0. The maximum atomic E-state index is 11.2. The number of nitrogens with zero attached hydrogens (tertiary/aromatic N) is 5. The van der Waals surface area contributed by atoms with Crippen molar-refractivity contribution in [2.45, 2.75) is 43.9 Å². The number of hydrogen-bond donors (Lipinski definition) is 3. The van der Waals surface area contributed by atoms with Crippen molar-refractivity contribution in [2.24, 2.45) is 0 Å². The van der Waals surface area contributed by atoms with Crippen LogP contribution in [-0.2, 0) is 4.74 Å². The average Bonchev–Trinajstić information content (AvgIpc) is 3.47. The third kappa shape index (κ3) is 4.81. The Balaban J connectivity index is 1.35. The first kappa shape index (κ1) is 24.6. The van der Waals surface area contributed by atoms with E-state index >= 15 is 0 Å². The standard InChI is InChI=1S/C25H26N6O6/c1-2-16(15-8-4-3-5-9-15)29-23-20-24(27-13-26-23)30(14-28-20)25-22(33)21(32)19(37-25)12-36-18-11-7-6-10-17(18)31(34)35/h3-11,13-14,16,19,21-22,25,32-33H,2,12H2,1H3,(H,26,27,29)/t16-,19?,21?,22?,25?/m1/s1. The van der Waals surface area contributed by atoms with Crippen LogP contribution in [0.1, 0.15) is 31.2 Å². The fourth-order valence-corrected chi connectivity index (χ4v) is 4.41. The maximum absolute atomic E-state index is 11.2. The minimum absolute atomic E-state index is 0.00293. The number of benzene rings is 2. The molecule has 0 spiro atoms. The third-order valence-corrected chi connectivity index (χ3v) is 6.36. The predicted molar refractivity (Wildman–Crippen MR) is 133 cm³/mol. The van der Waals surface area contributed by atoms with Crippen molar-refractivity contribution in [3.8, 4) is 5.75 Å². The number of imidazole rings is 1. The molecular weight excluding hydrogens is 480 g/mol. The number of aliphatic hydroxyl groups excluding tert-OH is 2. The molecule has 3 N–H and O–H groups in total. The van der Waals surface area contributed by atoms with Crippen molar-refractivity contribution in [3.63, 3.8) is 0 Å². The number of aliphatic hydroxyl groups is 2. The van der Waals surface area contributed by atoms with Gasteiger partial charge < -0.3 is 25.0 Å². The fraction of sp³-hybridized carbons (Fsp3) is 0.320. The van der Waals surface area contributed by atoms with Crippen molar-refractivity contribution < 1.29 is 24.6 Å². The number of anilines is 1. The van der Waals surface area contributed by atoms with Crippen molar-refractivity contribution in [2.75, 3.05) is 11.9 Å². The molecule has 192 valence electrons. The van der Waals surface area contributed by atoms with Crippen LogP contribution in [0.3, 0.4) is 0 Å². The van der Waals surface area contributed by atoms with Gasteiger partial charge in [0.1, 0.15) is 31.2 Å². The first-order valence-corrected chi connectivity index (χ1v) is 11.8. The van der Waals surface area contributed by atoms with Gasteiger partial charge in [0.25, 0.3) is 0 Å². The molecule has 0 saturated carbocycles. The van der Waals surface area contributed by atoms with Gasteiger partial charge in [-0.1, -0.05) is 49.4 Å². The van der Waals surface area contributed by atoms with Gasteiger partial charge in [-0.25, -0.2) is 15.0 Å². The Bertz CT molecular complexity index is 1380. The normalized spacial score (nSPS) is 22.1. The van der Waals surface area contributed by atoms with E-state index < -0.39 is 29.5 Å². The van der Waals surface area contributed by atoms with Crippen molar-refractivity contribution >= 4 is 22.7 Å². The molecule has 1 fully saturated rings. The number of ether oxygens (including phenoxy) is 2. The molecule has 0 bridgehead atoms. The number of aromatic nitrogens is 4. The van der Waals surface area contributed by atoms with E-state index in [-0.39, 0.29) is 24.1 Å². The van der Waals surface area contributed by atoms with Gasteiger partial charge in [-0.05, 0) is 18.1 Å². The summed E-state index contributed by atoms with van der Waals surface area (Å²) in [7, 11) is 0. The molecular formula is C25H26N6O6. The highest BCUT2D eigenvalue weighted by Gasteiger charge is 2.45. The van der Waals surface area contributed by atoms with Crippen molar-refractivity contribution in [1.82, 2.24) is 19.5 Å². The second-order valence-electron chi connectivity index (χ2n) is 8.64. The molecule has 12 nitrogen and oxygen atoms in total. The van der Waals surface area contributed by atoms with Crippen LogP contribution in [0.5, 0.6) is 5.75 Å². The van der Waals surface area contributed by atoms with Gasteiger partial charge in [-0.3, -0.25) is 14.7 Å². The molecule has 12 heteroatoms. The van der Waals surface area contributed by atoms with E-state index in [1.807, 2.05) is 30.3 Å². The van der Waals surface area contributed by atoms with Crippen LogP contribution in [0.2, 0.25) is 0 Å². The summed E-state index contributed by atoms with van der Waals surface area (Å²) in [6, 6.07) is 15.9. The van der Waals surface area contributed by atoms with E-state index in [0.717, 1.165) is 12.0 Å². The zero-order valence-corrected chi connectivity index (χ0v) is 19.9. The van der Waals surface area contributed by atoms with E-state index in [0.29, 0.717) is 17.0 Å². The van der Waals surface area contributed by atoms with Gasteiger partial charge in [0.2, 0.25) is 0 Å². The lowest BCUT2D eigenvalue weighted by molar-refractivity contribution is -0.386. The van der Waals surface area contributed by atoms with Crippen molar-refractivity contribution in [1.29, 1.82) is 0 Å². The summed E-state index contributed by atoms with van der Waals surface area (Å²) < 4.78 is 13.0. The number of rotatable bonds is 9. The van der Waals surface area contributed by atoms with E-state index in [4.69, 9.17) is 9.47 Å². The number of nitro groups is 1. The zero-order valence-electron chi connectivity index (χ0n) is 19.9. The molecule has 1 saturated heterocycles. The number of para-hydroxylation sites is 2. The van der Waals surface area contributed by atoms with E-state index in [9.17, 15) is 20.3 Å². The van der Waals surface area contributed by atoms with Crippen LogP contribution in [0.25, 0.3) is 11.2 Å². The molecule has 2 aromatic heterocycles. The maximum Gasteiger partial charge on any atom is 0.310 e. The summed E-state index contributed by atoms with van der Waals surface area (Å²) in [4.78, 5) is 23.8. The van der Waals surface area contributed by atoms with E-state index in [2.05, 4.69) is 27.2 Å². The Morgan fingerprint density at radius 2 is 1.86 bits per heavy atom. The summed E-state index contributed by atoms with van der Waals surface area (Å²) in [5.41, 5.74) is 1.80. The van der Waals surface area contributed by atoms with Crippen LogP contribution < -0.4 is 10.1 Å². The molecule has 4 unspecified atom stereocenters. The summed E-state index contributed by atoms with van der Waals surface area (Å²) >= 11 is 0. The highest BCUT2D eigenvalue weighted by atomic mass is 16.6. The summed E-state index contributed by atoms with van der Waals surface area (Å²) in [6.45, 7) is 1.86. The van der Waals surface area contributed by atoms with Crippen LogP contribution >= 0.6 is 0 Å². The summed E-state index contributed by atoms with van der Waals surface area (Å²) in [6.07, 6.45) is -0.873. The van der Waals surface area contributed by atoms with Gasteiger partial charge in [0.05, 0.1) is 17.3 Å². The zero-order chi connectivity index (χ0) is 25.9. The number of nitrogens with one attached hydrogen (secondary N) is 1. The Morgan fingerprint density at radius 3 is 2.62 bits per heavy atom. The second-order valence-corrected chi connectivity index (χ2v) is 8.64. The quantitative estimate of drug-likeness (QED) is 0.228. The minimum atomic E-state index is -1.31. The molecule has 3 heterocycles. The number of nitro benzene ring substituents is 1. The topological polar surface area (TPSA) is 158 Å². The Labute approximate surface area is 211 Å². The second kappa shape index (κ2) is 10.5. The molecule has 1 aliphatic rings. The van der Waals surface area contributed by atoms with Crippen LogP contribution in [-0.4, -0.2) is 59.6 Å². The highest BCUT2D eigenvalue weighted by molar-refractivity contribution is 5.83. The van der Waals surface area contributed by atoms with Gasteiger partial charge in [-0.15, -0.1) is 0 Å². The smallest absolute Gasteiger partial charge is 0.310 e. The monoisotopic (exact) mass is 506 g/mol. The first-order valence-electron chi connectivity index (χ1n) is 11.8. The molecule has 0 amide bonds. The lowest BCUT2D eigenvalue weighted by Crippen LogP contribution is -2.34. The summed E-state index contributed by atoms with van der Waals surface area (Å²) in [5.74, 6) is 0.574. The molecule has 37 heavy (non-hydrogen) atoms. The van der Waals surface area contributed by atoms with Crippen LogP contribution in [0.15, 0.2) is 67.3 Å². The van der Waals surface area contributed by atoms with Gasteiger partial charge >= 0.3 is 5.69 Å². The van der Waals surface area contributed by atoms with E-state index in [1.165, 1.54) is 35.4 Å². The minimum Gasteiger partial charge on any atom is -0.484 e. The summed E-state index contributed by atoms with van der Waals surface area (Å²) in [5, 5.41) is 36.0. The Hall–Kier alpha value is -4.13. The molecule has 2 aromatic carbocycles. The number of fused-ring (bicyclic) bond motifs is 1. The molecule has 4 aromatic rings. The van der Waals surface area contributed by atoms with Gasteiger partial charge in [-0.2, -0.15) is 0 Å². The van der Waals surface area contributed by atoms with Gasteiger partial charge in [0.15, 0.2) is 29.0 Å². The predicted octanol–water partition coefficient (Wildman–Crippen LogP) is 3.00. The lowest BCUT2D eigenvalue weighted by Gasteiger charge is -2.19. The highest BCUT2D eigenvalue weighted by Crippen LogP contribution is 2.34. The van der Waals surface area contributed by atoms with Gasteiger partial charge in [0, 0.05) is 6.07 Å². The average molecular weight is 507 g/mol. The van der Waals surface area contributed by atoms with Crippen LogP contribution in [0.4, 0.5) is 11.5 Å². The SMILES string of the molecule is CC[C@@H](Nc1ncnc2c1ncn2C1OC(COc2ccccc2[N+](=O)[O-])C(O)C1O)c1ccccc1. The lowest BCUT2D eigenvalue weighted by atomic mass is 10.0. The molecule has 1 aliphatic heterocycles. The van der Waals surface area contributed by atoms with E-state index in [1.54, 1.807) is 6.07 Å². The fourth-order valence-electron chi connectivity index (χ4n) is 4.41. The molecule has 0 aliphatic carbocycles. The number of hydrogen-bond acceptors (Lipinski definition) is 10. The Morgan fingerprint density at radius 1 is 1.11 bits per heavy atom. The molecule has 5 rings (SSSR count). The van der Waals surface area contributed by atoms with Crippen LogP contribution in [0, 0.1) is 10.1 Å². The van der Waals surface area contributed by atoms with Crippen molar-refractivity contribution in [3.05, 3.63) is 82.9 Å². The third-order valence-electron chi connectivity index (χ3n) is 6.36. The molecule has 0 radical (unpaired) electrons. The largest absolute Gasteiger partial charge is 0.484 e. The Kier molecular flexibility index (Phi) is 6.95. The molecule has 5 atom stereocenters.